The normalized spacial score (nSPS) is 26.0. The zero-order valence-electron chi connectivity index (χ0n) is 21.1. The van der Waals surface area contributed by atoms with Gasteiger partial charge in [-0.05, 0) is 53.1 Å². The Balaban J connectivity index is 1.97. The van der Waals surface area contributed by atoms with Gasteiger partial charge >= 0.3 is 11.9 Å². The average molecular weight is 601 g/mol. The van der Waals surface area contributed by atoms with Gasteiger partial charge in [0.15, 0.2) is 8.32 Å². The molecule has 34 heavy (non-hydrogen) atoms. The first kappa shape index (κ1) is 27.4. The van der Waals surface area contributed by atoms with Crippen molar-refractivity contribution in [2.24, 2.45) is 0 Å². The van der Waals surface area contributed by atoms with E-state index in [1.807, 2.05) is 16.2 Å². The summed E-state index contributed by atoms with van der Waals surface area (Å²) in [4.78, 5) is 25.0. The molecule has 0 aliphatic carbocycles. The SMILES string of the molecule is CC(=O)Oc1cccc2c1C(=O)O[C@@H](C/C=C/I)C[C@H]1C[C@H](O[Si](C)(C)C(C)(C)C)C[C@H](C2)O1. The van der Waals surface area contributed by atoms with Gasteiger partial charge in [0.05, 0.1) is 12.2 Å². The minimum atomic E-state index is -1.95. The van der Waals surface area contributed by atoms with Crippen LogP contribution in [0.2, 0.25) is 18.1 Å². The second-order valence-electron chi connectivity index (χ2n) is 10.8. The number of ether oxygens (including phenoxy) is 3. The first-order valence-corrected chi connectivity index (χ1v) is 16.1. The fourth-order valence-corrected chi connectivity index (χ4v) is 6.07. The maximum atomic E-state index is 13.3. The van der Waals surface area contributed by atoms with E-state index in [1.54, 1.807) is 12.1 Å². The fourth-order valence-electron chi connectivity index (χ4n) is 4.40. The molecular weight excluding hydrogens is 563 g/mol. The smallest absolute Gasteiger partial charge is 0.342 e. The Kier molecular flexibility index (Phi) is 9.03. The summed E-state index contributed by atoms with van der Waals surface area (Å²) in [5.74, 6) is -0.688. The third kappa shape index (κ3) is 6.92. The molecule has 3 rings (SSSR count). The number of rotatable bonds is 5. The Labute approximate surface area is 218 Å². The van der Waals surface area contributed by atoms with Crippen LogP contribution in [0.1, 0.15) is 69.3 Å². The van der Waals surface area contributed by atoms with Crippen molar-refractivity contribution < 1.29 is 28.2 Å². The van der Waals surface area contributed by atoms with Crippen molar-refractivity contribution >= 4 is 42.8 Å². The molecule has 1 fully saturated rings. The zero-order valence-corrected chi connectivity index (χ0v) is 24.2. The molecule has 8 heteroatoms. The molecule has 2 aliphatic heterocycles. The highest BCUT2D eigenvalue weighted by atomic mass is 127. The molecule has 1 aromatic rings. The zero-order chi connectivity index (χ0) is 25.1. The Morgan fingerprint density at radius 2 is 1.91 bits per heavy atom. The van der Waals surface area contributed by atoms with Crippen molar-refractivity contribution in [2.45, 2.75) is 102 Å². The summed E-state index contributed by atoms with van der Waals surface area (Å²) in [6.07, 6.45) is 4.91. The summed E-state index contributed by atoms with van der Waals surface area (Å²) in [5, 5.41) is 0.121. The van der Waals surface area contributed by atoms with Crippen LogP contribution in [0.3, 0.4) is 0 Å². The van der Waals surface area contributed by atoms with Gasteiger partial charge in [-0.25, -0.2) is 4.79 Å². The van der Waals surface area contributed by atoms with E-state index in [2.05, 4.69) is 56.5 Å². The van der Waals surface area contributed by atoms with E-state index in [9.17, 15) is 9.59 Å². The lowest BCUT2D eigenvalue weighted by atomic mass is 9.91. The summed E-state index contributed by atoms with van der Waals surface area (Å²) in [5.41, 5.74) is 1.08. The van der Waals surface area contributed by atoms with Crippen LogP contribution in [-0.2, 0) is 25.1 Å². The van der Waals surface area contributed by atoms with Crippen molar-refractivity contribution in [1.82, 2.24) is 0 Å². The van der Waals surface area contributed by atoms with E-state index in [0.717, 1.165) is 18.4 Å². The molecule has 0 unspecified atom stereocenters. The van der Waals surface area contributed by atoms with Gasteiger partial charge in [-0.2, -0.15) is 0 Å². The quantitative estimate of drug-likeness (QED) is 0.170. The molecule has 2 aliphatic rings. The predicted molar refractivity (Wildman–Crippen MR) is 143 cm³/mol. The van der Waals surface area contributed by atoms with Gasteiger partial charge in [0, 0.05) is 25.9 Å². The molecule has 4 atom stereocenters. The summed E-state index contributed by atoms with van der Waals surface area (Å²) in [6, 6.07) is 5.33. The number of fused-ring (bicyclic) bond motifs is 3. The van der Waals surface area contributed by atoms with Gasteiger partial charge in [0.25, 0.3) is 0 Å². The Hall–Kier alpha value is -1.23. The monoisotopic (exact) mass is 600 g/mol. The molecule has 0 aromatic heterocycles. The molecular formula is C26H37IO6Si. The van der Waals surface area contributed by atoms with Crippen LogP contribution in [0.25, 0.3) is 0 Å². The van der Waals surface area contributed by atoms with Crippen LogP contribution in [0.15, 0.2) is 28.4 Å². The topological polar surface area (TPSA) is 71.1 Å². The summed E-state index contributed by atoms with van der Waals surface area (Å²) >= 11 is 2.17. The summed E-state index contributed by atoms with van der Waals surface area (Å²) < 4.78 is 26.6. The van der Waals surface area contributed by atoms with E-state index in [4.69, 9.17) is 18.6 Å². The number of cyclic esters (lactones) is 1. The van der Waals surface area contributed by atoms with E-state index < -0.39 is 20.3 Å². The van der Waals surface area contributed by atoms with Crippen LogP contribution in [0, 0.1) is 0 Å². The lowest BCUT2D eigenvalue weighted by Crippen LogP contribution is -2.48. The van der Waals surface area contributed by atoms with Crippen molar-refractivity contribution in [3.05, 3.63) is 39.5 Å². The number of carbonyl (C=O) groups excluding carboxylic acids is 2. The molecule has 2 bridgehead atoms. The maximum absolute atomic E-state index is 13.3. The minimum absolute atomic E-state index is 0.0490. The molecule has 0 spiro atoms. The van der Waals surface area contributed by atoms with Crippen LogP contribution < -0.4 is 4.74 Å². The highest BCUT2D eigenvalue weighted by Gasteiger charge is 2.42. The van der Waals surface area contributed by atoms with E-state index in [1.165, 1.54) is 6.92 Å². The van der Waals surface area contributed by atoms with E-state index in [0.29, 0.717) is 24.8 Å². The maximum Gasteiger partial charge on any atom is 0.342 e. The van der Waals surface area contributed by atoms with Gasteiger partial charge in [0.2, 0.25) is 0 Å². The second-order valence-corrected chi connectivity index (χ2v) is 16.3. The number of hydrogen-bond donors (Lipinski definition) is 0. The van der Waals surface area contributed by atoms with Gasteiger partial charge in [-0.15, -0.1) is 0 Å². The molecule has 0 saturated carbocycles. The standard InChI is InChI=1S/C26H37IO6Si/c1-17(28)30-23-11-7-9-18-13-20-15-22(33-34(5,6)26(2,3)4)16-21(31-20)14-19(10-8-12-27)32-25(29)24(18)23/h7-9,11-12,19-22H,10,13-16H2,1-6H3/b12-8+/t19-,20-,21-,22+/m0/s1. The number of carbonyl (C=O) groups is 2. The molecule has 1 saturated heterocycles. The van der Waals surface area contributed by atoms with Gasteiger partial charge < -0.3 is 18.6 Å². The molecule has 1 aromatic carbocycles. The third-order valence-electron chi connectivity index (χ3n) is 7.01. The second kappa shape index (κ2) is 11.2. The first-order chi connectivity index (χ1) is 15.9. The first-order valence-electron chi connectivity index (χ1n) is 12.0. The van der Waals surface area contributed by atoms with Crippen molar-refractivity contribution in [1.29, 1.82) is 0 Å². The van der Waals surface area contributed by atoms with Crippen molar-refractivity contribution in [3.63, 3.8) is 0 Å². The van der Waals surface area contributed by atoms with Crippen LogP contribution in [-0.4, -0.2) is 44.7 Å². The average Bonchev–Trinajstić information content (AvgIpc) is 2.69. The van der Waals surface area contributed by atoms with Crippen molar-refractivity contribution in [3.8, 4) is 5.75 Å². The van der Waals surface area contributed by atoms with Crippen LogP contribution in [0.5, 0.6) is 5.75 Å². The van der Waals surface area contributed by atoms with Gasteiger partial charge in [-0.3, -0.25) is 4.79 Å². The third-order valence-corrected chi connectivity index (χ3v) is 12.1. The lowest BCUT2D eigenvalue weighted by molar-refractivity contribution is -0.131. The number of benzene rings is 1. The molecule has 2 heterocycles. The molecule has 0 radical (unpaired) electrons. The highest BCUT2D eigenvalue weighted by Crippen LogP contribution is 2.40. The lowest BCUT2D eigenvalue weighted by Gasteiger charge is -2.44. The highest BCUT2D eigenvalue weighted by molar-refractivity contribution is 14.1. The predicted octanol–water partition coefficient (Wildman–Crippen LogP) is 6.36. The molecule has 0 N–H and O–H groups in total. The Bertz CT molecular complexity index is 922. The molecule has 6 nitrogen and oxygen atoms in total. The summed E-state index contributed by atoms with van der Waals surface area (Å²) in [7, 11) is -1.95. The van der Waals surface area contributed by atoms with Crippen LogP contribution >= 0.6 is 22.6 Å². The Morgan fingerprint density at radius 3 is 2.56 bits per heavy atom. The number of halogens is 1. The minimum Gasteiger partial charge on any atom is -0.458 e. The van der Waals surface area contributed by atoms with E-state index in [-0.39, 0.29) is 35.2 Å². The van der Waals surface area contributed by atoms with Crippen molar-refractivity contribution in [2.75, 3.05) is 0 Å². The molecule has 188 valence electrons. The molecule has 0 amide bonds. The van der Waals surface area contributed by atoms with E-state index >= 15 is 0 Å². The Morgan fingerprint density at radius 1 is 1.21 bits per heavy atom. The number of esters is 2. The van der Waals surface area contributed by atoms with Gasteiger partial charge in [-0.1, -0.05) is 61.6 Å². The number of hydrogen-bond acceptors (Lipinski definition) is 6. The van der Waals surface area contributed by atoms with Gasteiger partial charge in [0.1, 0.15) is 17.4 Å². The summed E-state index contributed by atoms with van der Waals surface area (Å²) in [6.45, 7) is 12.7. The van der Waals surface area contributed by atoms with Crippen LogP contribution in [0.4, 0.5) is 0 Å². The fraction of sp³-hybridized carbons (Fsp3) is 0.615. The largest absolute Gasteiger partial charge is 0.458 e.